The van der Waals surface area contributed by atoms with Gasteiger partial charge in [-0.3, -0.25) is 0 Å². The van der Waals surface area contributed by atoms with Crippen LogP contribution in [0.25, 0.3) is 0 Å². The van der Waals surface area contributed by atoms with Crippen molar-refractivity contribution in [3.05, 3.63) is 22.7 Å². The lowest BCUT2D eigenvalue weighted by atomic mass is 9.87. The van der Waals surface area contributed by atoms with Crippen molar-refractivity contribution < 1.29 is 19.7 Å². The largest absolute Gasteiger partial charge is 0.494 e. The van der Waals surface area contributed by atoms with Gasteiger partial charge in [0.05, 0.1) is 14.2 Å². The Morgan fingerprint density at radius 3 is 1.86 bits per heavy atom. The number of hydrogen-bond acceptors (Lipinski definition) is 4. The third-order valence-corrected chi connectivity index (χ3v) is 4.48. The smallest absolute Gasteiger partial charge is 0.169 e. The molecule has 2 unspecified atom stereocenters. The molecule has 4 heteroatoms. The molecule has 1 aliphatic carbocycles. The van der Waals surface area contributed by atoms with Crippen LogP contribution in [0.4, 0.5) is 0 Å². The summed E-state index contributed by atoms with van der Waals surface area (Å²) in [6, 6.07) is 0. The van der Waals surface area contributed by atoms with Gasteiger partial charge in [0.25, 0.3) is 0 Å². The van der Waals surface area contributed by atoms with Gasteiger partial charge in [-0.1, -0.05) is 45.4 Å². The van der Waals surface area contributed by atoms with E-state index >= 15 is 0 Å². The maximum atomic E-state index is 10.5. The number of unbranched alkanes of at least 4 members (excludes halogenated alkanes) is 6. The average molecular weight is 312 g/mol. The number of hydrogen-bond donors (Lipinski definition) is 2. The maximum absolute atomic E-state index is 10.5. The molecule has 128 valence electrons. The molecule has 2 atom stereocenters. The highest BCUT2D eigenvalue weighted by atomic mass is 16.5. The molecule has 2 N–H and O–H groups in total. The van der Waals surface area contributed by atoms with E-state index in [-0.39, 0.29) is 0 Å². The van der Waals surface area contributed by atoms with Crippen LogP contribution in [0.1, 0.15) is 65.2 Å². The standard InChI is InChI=1S/C18H32O4/c1-5-6-7-8-9-10-11-12-14-13(2)15(19)17(21-3)18(22-4)16(14)20/h15-16,19-20H,5-12H2,1-4H3. The Bertz CT molecular complexity index is 398. The lowest BCUT2D eigenvalue weighted by Gasteiger charge is -2.30. The van der Waals surface area contributed by atoms with Gasteiger partial charge in [0.15, 0.2) is 11.5 Å². The van der Waals surface area contributed by atoms with Crippen molar-refractivity contribution in [2.45, 2.75) is 77.4 Å². The van der Waals surface area contributed by atoms with E-state index in [2.05, 4.69) is 6.92 Å². The number of aliphatic hydroxyl groups is 2. The number of rotatable bonds is 10. The van der Waals surface area contributed by atoms with Crippen molar-refractivity contribution in [2.24, 2.45) is 0 Å². The summed E-state index contributed by atoms with van der Waals surface area (Å²) in [5, 5.41) is 20.8. The molecule has 1 aliphatic rings. The molecule has 0 amide bonds. The van der Waals surface area contributed by atoms with Gasteiger partial charge in [0.1, 0.15) is 12.2 Å². The summed E-state index contributed by atoms with van der Waals surface area (Å²) in [5.41, 5.74) is 1.66. The van der Waals surface area contributed by atoms with Crippen LogP contribution in [-0.2, 0) is 9.47 Å². The molecule has 0 saturated heterocycles. The van der Waals surface area contributed by atoms with Gasteiger partial charge in [-0.05, 0) is 30.9 Å². The highest BCUT2D eigenvalue weighted by Crippen LogP contribution is 2.34. The van der Waals surface area contributed by atoms with E-state index in [0.29, 0.717) is 11.5 Å². The molecule has 0 aromatic heterocycles. The fourth-order valence-corrected chi connectivity index (χ4v) is 3.05. The topological polar surface area (TPSA) is 58.9 Å². The first kappa shape index (κ1) is 19.0. The zero-order chi connectivity index (χ0) is 16.5. The van der Waals surface area contributed by atoms with Crippen molar-refractivity contribution >= 4 is 0 Å². The van der Waals surface area contributed by atoms with Crippen molar-refractivity contribution in [3.63, 3.8) is 0 Å². The maximum Gasteiger partial charge on any atom is 0.169 e. The van der Waals surface area contributed by atoms with Gasteiger partial charge in [-0.15, -0.1) is 0 Å². The number of ether oxygens (including phenoxy) is 2. The number of aliphatic hydroxyl groups excluding tert-OH is 2. The lowest BCUT2D eigenvalue weighted by molar-refractivity contribution is 0.0785. The first-order valence-corrected chi connectivity index (χ1v) is 8.46. The minimum atomic E-state index is -0.817. The predicted octanol–water partition coefficient (Wildman–Crippen LogP) is 3.68. The minimum absolute atomic E-state index is 0.316. The minimum Gasteiger partial charge on any atom is -0.494 e. The first-order valence-electron chi connectivity index (χ1n) is 8.46. The van der Waals surface area contributed by atoms with Crippen LogP contribution in [0.5, 0.6) is 0 Å². The van der Waals surface area contributed by atoms with Crippen LogP contribution in [0, 0.1) is 0 Å². The fourth-order valence-electron chi connectivity index (χ4n) is 3.05. The second-order valence-corrected chi connectivity index (χ2v) is 6.02. The van der Waals surface area contributed by atoms with Crippen LogP contribution in [-0.4, -0.2) is 36.6 Å². The van der Waals surface area contributed by atoms with Crippen LogP contribution in [0.15, 0.2) is 22.7 Å². The third-order valence-electron chi connectivity index (χ3n) is 4.48. The zero-order valence-corrected chi connectivity index (χ0v) is 14.5. The van der Waals surface area contributed by atoms with Crippen LogP contribution in [0.2, 0.25) is 0 Å². The summed E-state index contributed by atoms with van der Waals surface area (Å²) in [5.74, 6) is 0.648. The van der Waals surface area contributed by atoms with E-state index in [4.69, 9.17) is 9.47 Å². The highest BCUT2D eigenvalue weighted by Gasteiger charge is 2.34. The van der Waals surface area contributed by atoms with Gasteiger partial charge < -0.3 is 19.7 Å². The molecule has 0 aromatic rings. The van der Waals surface area contributed by atoms with E-state index in [1.54, 1.807) is 0 Å². The van der Waals surface area contributed by atoms with Crippen molar-refractivity contribution in [2.75, 3.05) is 14.2 Å². The van der Waals surface area contributed by atoms with E-state index in [9.17, 15) is 10.2 Å². The van der Waals surface area contributed by atoms with E-state index in [1.807, 2.05) is 6.92 Å². The van der Waals surface area contributed by atoms with Gasteiger partial charge in [0, 0.05) is 0 Å². The summed E-state index contributed by atoms with van der Waals surface area (Å²) < 4.78 is 10.4. The molecule has 4 nitrogen and oxygen atoms in total. The Hall–Kier alpha value is -1.00. The summed E-state index contributed by atoms with van der Waals surface area (Å²) in [7, 11) is 2.98. The molecule has 0 spiro atoms. The van der Waals surface area contributed by atoms with E-state index in [1.165, 1.54) is 46.3 Å². The van der Waals surface area contributed by atoms with Crippen molar-refractivity contribution in [3.8, 4) is 0 Å². The molecule has 1 rings (SSSR count). The summed E-state index contributed by atoms with van der Waals surface area (Å²) in [4.78, 5) is 0. The Morgan fingerprint density at radius 1 is 0.818 bits per heavy atom. The van der Waals surface area contributed by atoms with Crippen LogP contribution < -0.4 is 0 Å². The molecule has 0 aromatic carbocycles. The molecule has 0 radical (unpaired) electrons. The molecule has 0 heterocycles. The molecule has 0 fully saturated rings. The molecular formula is C18H32O4. The summed E-state index contributed by atoms with van der Waals surface area (Å²) in [6.07, 6.45) is 7.78. The molecular weight excluding hydrogens is 280 g/mol. The van der Waals surface area contributed by atoms with Gasteiger partial charge >= 0.3 is 0 Å². The Morgan fingerprint density at radius 2 is 1.32 bits per heavy atom. The Balaban J connectivity index is 2.54. The molecule has 0 saturated carbocycles. The average Bonchev–Trinajstić information content (AvgIpc) is 2.52. The van der Waals surface area contributed by atoms with Crippen molar-refractivity contribution in [1.29, 1.82) is 0 Å². The normalized spacial score (nSPS) is 22.3. The molecule has 0 aliphatic heterocycles. The van der Waals surface area contributed by atoms with Crippen molar-refractivity contribution in [1.82, 2.24) is 0 Å². The van der Waals surface area contributed by atoms with Crippen LogP contribution >= 0.6 is 0 Å². The lowest BCUT2D eigenvalue weighted by Crippen LogP contribution is -2.31. The monoisotopic (exact) mass is 312 g/mol. The van der Waals surface area contributed by atoms with Crippen LogP contribution in [0.3, 0.4) is 0 Å². The first-order chi connectivity index (χ1) is 10.6. The van der Waals surface area contributed by atoms with E-state index < -0.39 is 12.2 Å². The van der Waals surface area contributed by atoms with Gasteiger partial charge in [-0.2, -0.15) is 0 Å². The fraction of sp³-hybridized carbons (Fsp3) is 0.778. The second kappa shape index (κ2) is 9.90. The summed E-state index contributed by atoms with van der Waals surface area (Å²) >= 11 is 0. The second-order valence-electron chi connectivity index (χ2n) is 6.02. The quantitative estimate of drug-likeness (QED) is 0.477. The predicted molar refractivity (Wildman–Crippen MR) is 88.4 cm³/mol. The summed E-state index contributed by atoms with van der Waals surface area (Å²) in [6.45, 7) is 4.08. The zero-order valence-electron chi connectivity index (χ0n) is 14.5. The van der Waals surface area contributed by atoms with Gasteiger partial charge in [0.2, 0.25) is 0 Å². The third kappa shape index (κ3) is 4.75. The Labute approximate surface area is 134 Å². The highest BCUT2D eigenvalue weighted by molar-refractivity contribution is 5.38. The molecule has 0 bridgehead atoms. The molecule has 22 heavy (non-hydrogen) atoms. The Kier molecular flexibility index (Phi) is 8.57. The SMILES string of the molecule is CCCCCCCCCC1=C(C)C(O)C(OC)=C(OC)C1O. The number of methoxy groups -OCH3 is 2. The van der Waals surface area contributed by atoms with Gasteiger partial charge in [-0.25, -0.2) is 0 Å². The van der Waals surface area contributed by atoms with E-state index in [0.717, 1.165) is 30.4 Å².